The van der Waals surface area contributed by atoms with E-state index >= 15 is 0 Å². The molecule has 106 valence electrons. The van der Waals surface area contributed by atoms with Crippen molar-refractivity contribution >= 4 is 5.91 Å². The van der Waals surface area contributed by atoms with Crippen LogP contribution in [0.3, 0.4) is 0 Å². The van der Waals surface area contributed by atoms with Crippen molar-refractivity contribution in [1.82, 2.24) is 5.32 Å². The molecule has 1 N–H and O–H groups in total. The van der Waals surface area contributed by atoms with Gasteiger partial charge in [-0.2, -0.15) is 0 Å². The topological polar surface area (TPSA) is 29.1 Å². The maximum atomic E-state index is 11.9. The number of carbonyl (C=O) groups excluding carboxylic acids is 1. The Labute approximate surface area is 122 Å². The van der Waals surface area contributed by atoms with Gasteiger partial charge < -0.3 is 5.32 Å². The SMILES string of the molecule is CC(CC(=O)NCCc1ccccc1)c1ccccc1.[HH]. The van der Waals surface area contributed by atoms with E-state index in [1.54, 1.807) is 0 Å². The number of hydrogen-bond donors (Lipinski definition) is 1. The number of benzene rings is 2. The van der Waals surface area contributed by atoms with Gasteiger partial charge in [0.1, 0.15) is 0 Å². The van der Waals surface area contributed by atoms with Gasteiger partial charge in [0.2, 0.25) is 5.91 Å². The van der Waals surface area contributed by atoms with E-state index in [1.165, 1.54) is 11.1 Å². The summed E-state index contributed by atoms with van der Waals surface area (Å²) in [4.78, 5) is 11.9. The highest BCUT2D eigenvalue weighted by molar-refractivity contribution is 5.76. The van der Waals surface area contributed by atoms with Crippen molar-refractivity contribution < 1.29 is 6.22 Å². The van der Waals surface area contributed by atoms with Crippen LogP contribution in [0.1, 0.15) is 31.8 Å². The molecule has 0 saturated heterocycles. The minimum absolute atomic E-state index is 0. The Hall–Kier alpha value is -2.09. The Morgan fingerprint density at radius 2 is 1.65 bits per heavy atom. The first-order valence-electron chi connectivity index (χ1n) is 7.11. The molecule has 2 aromatic rings. The van der Waals surface area contributed by atoms with Crippen LogP contribution in [-0.2, 0) is 11.2 Å². The monoisotopic (exact) mass is 269 g/mol. The molecule has 0 spiro atoms. The molecule has 0 radical (unpaired) electrons. The second kappa shape index (κ2) is 7.49. The molecule has 0 aliphatic carbocycles. The fraction of sp³-hybridized carbons (Fsp3) is 0.278. The van der Waals surface area contributed by atoms with E-state index in [1.807, 2.05) is 36.4 Å². The summed E-state index contributed by atoms with van der Waals surface area (Å²) in [5.74, 6) is 0.380. The molecule has 1 amide bonds. The molecule has 0 bridgehead atoms. The van der Waals surface area contributed by atoms with Crippen LogP contribution in [-0.4, -0.2) is 12.5 Å². The molecule has 0 aliphatic heterocycles. The highest BCUT2D eigenvalue weighted by Crippen LogP contribution is 2.17. The van der Waals surface area contributed by atoms with Gasteiger partial charge in [0.15, 0.2) is 0 Å². The molecule has 0 heterocycles. The second-order valence-corrected chi connectivity index (χ2v) is 5.10. The number of hydrogen-bond acceptors (Lipinski definition) is 1. The number of amides is 1. The molecule has 2 aromatic carbocycles. The van der Waals surface area contributed by atoms with Crippen LogP contribution in [0.15, 0.2) is 60.7 Å². The van der Waals surface area contributed by atoms with E-state index in [4.69, 9.17) is 0 Å². The van der Waals surface area contributed by atoms with E-state index in [-0.39, 0.29) is 13.3 Å². The zero-order chi connectivity index (χ0) is 14.2. The van der Waals surface area contributed by atoms with E-state index in [0.29, 0.717) is 13.0 Å². The highest BCUT2D eigenvalue weighted by atomic mass is 16.1. The lowest BCUT2D eigenvalue weighted by atomic mass is 9.97. The van der Waals surface area contributed by atoms with E-state index in [9.17, 15) is 4.79 Å². The summed E-state index contributed by atoms with van der Waals surface area (Å²) in [6, 6.07) is 20.4. The molecular weight excluding hydrogens is 246 g/mol. The third-order valence-electron chi connectivity index (χ3n) is 3.44. The van der Waals surface area contributed by atoms with Gasteiger partial charge in [0.05, 0.1) is 0 Å². The lowest BCUT2D eigenvalue weighted by Crippen LogP contribution is -2.26. The average Bonchev–Trinajstić information content (AvgIpc) is 2.49. The Balaban J connectivity index is 0.00000220. The smallest absolute Gasteiger partial charge is 0.220 e. The molecule has 2 nitrogen and oxygen atoms in total. The Bertz CT molecular complexity index is 527. The summed E-state index contributed by atoms with van der Waals surface area (Å²) in [7, 11) is 0. The minimum Gasteiger partial charge on any atom is -0.356 e. The first kappa shape index (κ1) is 14.3. The largest absolute Gasteiger partial charge is 0.356 e. The third-order valence-corrected chi connectivity index (χ3v) is 3.44. The zero-order valence-corrected chi connectivity index (χ0v) is 11.9. The predicted octanol–water partition coefficient (Wildman–Crippen LogP) is 3.79. The fourth-order valence-corrected chi connectivity index (χ4v) is 2.24. The number of carbonyl (C=O) groups is 1. The van der Waals surface area contributed by atoms with Crippen LogP contribution in [0.2, 0.25) is 0 Å². The Morgan fingerprint density at radius 1 is 1.05 bits per heavy atom. The fourth-order valence-electron chi connectivity index (χ4n) is 2.24. The van der Waals surface area contributed by atoms with Crippen molar-refractivity contribution in [3.8, 4) is 0 Å². The summed E-state index contributed by atoms with van der Waals surface area (Å²) in [5.41, 5.74) is 2.47. The van der Waals surface area contributed by atoms with Crippen molar-refractivity contribution in [3.05, 3.63) is 71.8 Å². The summed E-state index contributed by atoms with van der Waals surface area (Å²) in [5, 5.41) is 2.99. The molecule has 0 fully saturated rings. The molecule has 1 atom stereocenters. The van der Waals surface area contributed by atoms with Gasteiger partial charge in [-0.3, -0.25) is 4.79 Å². The molecule has 1 unspecified atom stereocenters. The average molecular weight is 269 g/mol. The van der Waals surface area contributed by atoms with Crippen LogP contribution < -0.4 is 5.32 Å². The van der Waals surface area contributed by atoms with Gasteiger partial charge in [-0.1, -0.05) is 67.6 Å². The van der Waals surface area contributed by atoms with Gasteiger partial charge in [0.25, 0.3) is 0 Å². The summed E-state index contributed by atoms with van der Waals surface area (Å²) in [6.07, 6.45) is 1.42. The normalized spacial score (nSPS) is 11.8. The molecule has 20 heavy (non-hydrogen) atoms. The van der Waals surface area contributed by atoms with Crippen molar-refractivity contribution in [2.75, 3.05) is 6.54 Å². The zero-order valence-electron chi connectivity index (χ0n) is 11.9. The lowest BCUT2D eigenvalue weighted by Gasteiger charge is -2.12. The predicted molar refractivity (Wildman–Crippen MR) is 84.7 cm³/mol. The number of rotatable bonds is 6. The van der Waals surface area contributed by atoms with Crippen LogP contribution >= 0.6 is 0 Å². The van der Waals surface area contributed by atoms with Crippen LogP contribution in [0.25, 0.3) is 0 Å². The minimum atomic E-state index is 0. The summed E-state index contributed by atoms with van der Waals surface area (Å²) < 4.78 is 0. The molecule has 0 aromatic heterocycles. The van der Waals surface area contributed by atoms with Gasteiger partial charge in [-0.05, 0) is 23.5 Å². The van der Waals surface area contributed by atoms with E-state index in [0.717, 1.165) is 6.42 Å². The number of nitrogens with one attached hydrogen (secondary N) is 1. The molecule has 2 rings (SSSR count). The van der Waals surface area contributed by atoms with E-state index < -0.39 is 0 Å². The van der Waals surface area contributed by atoms with E-state index in [2.05, 4.69) is 36.5 Å². The third kappa shape index (κ3) is 4.54. The van der Waals surface area contributed by atoms with Gasteiger partial charge in [-0.15, -0.1) is 0 Å². The molecule has 0 saturated carbocycles. The lowest BCUT2D eigenvalue weighted by molar-refractivity contribution is -0.121. The van der Waals surface area contributed by atoms with Gasteiger partial charge in [0, 0.05) is 14.4 Å². The quantitative estimate of drug-likeness (QED) is 0.849. The van der Waals surface area contributed by atoms with Gasteiger partial charge in [-0.25, -0.2) is 0 Å². The van der Waals surface area contributed by atoms with Crippen molar-refractivity contribution in [2.45, 2.75) is 25.7 Å². The second-order valence-electron chi connectivity index (χ2n) is 5.10. The molecule has 2 heteroatoms. The molecular formula is C18H23NO. The first-order valence-corrected chi connectivity index (χ1v) is 7.11. The Kier molecular flexibility index (Phi) is 5.36. The summed E-state index contributed by atoms with van der Waals surface area (Å²) >= 11 is 0. The summed E-state index contributed by atoms with van der Waals surface area (Å²) in [6.45, 7) is 2.79. The van der Waals surface area contributed by atoms with Gasteiger partial charge >= 0.3 is 0 Å². The highest BCUT2D eigenvalue weighted by Gasteiger charge is 2.10. The van der Waals surface area contributed by atoms with Crippen LogP contribution in [0.5, 0.6) is 0 Å². The van der Waals surface area contributed by atoms with Crippen LogP contribution in [0.4, 0.5) is 0 Å². The first-order chi connectivity index (χ1) is 9.75. The molecule has 0 aliphatic rings. The van der Waals surface area contributed by atoms with Crippen LogP contribution in [0, 0.1) is 0 Å². The van der Waals surface area contributed by atoms with Crippen molar-refractivity contribution in [1.29, 1.82) is 0 Å². The maximum absolute atomic E-state index is 11.9. The maximum Gasteiger partial charge on any atom is 0.220 e. The van der Waals surface area contributed by atoms with Crippen molar-refractivity contribution in [2.24, 2.45) is 0 Å². The van der Waals surface area contributed by atoms with Crippen molar-refractivity contribution in [3.63, 3.8) is 0 Å². The Morgan fingerprint density at radius 3 is 2.30 bits per heavy atom. The standard InChI is InChI=1S/C18H21NO.H2/c1-15(17-10-6-3-7-11-17)14-18(20)19-13-12-16-8-4-2-5-9-16;/h2-11,15H,12-14H2,1H3,(H,19,20);1H.